The van der Waals surface area contributed by atoms with Gasteiger partial charge in [0, 0.05) is 55.3 Å². The highest BCUT2D eigenvalue weighted by Crippen LogP contribution is 2.40. The first-order chi connectivity index (χ1) is 15.6. The van der Waals surface area contributed by atoms with Crippen LogP contribution in [0.5, 0.6) is 0 Å². The van der Waals surface area contributed by atoms with Crippen LogP contribution >= 0.6 is 0 Å². The molecule has 1 aliphatic carbocycles. The Kier molecular flexibility index (Phi) is 5.59. The van der Waals surface area contributed by atoms with Crippen molar-refractivity contribution in [1.82, 2.24) is 25.4 Å². The lowest BCUT2D eigenvalue weighted by Crippen LogP contribution is -2.45. The third-order valence-electron chi connectivity index (χ3n) is 6.20. The number of nitrogens with one attached hydrogen (secondary N) is 1. The lowest BCUT2D eigenvalue weighted by molar-refractivity contribution is 0.0921. The highest BCUT2D eigenvalue weighted by Gasteiger charge is 2.30. The van der Waals surface area contributed by atoms with Gasteiger partial charge in [0.15, 0.2) is 5.69 Å². The summed E-state index contributed by atoms with van der Waals surface area (Å²) in [5.74, 6) is 2.16. The average molecular weight is 433 g/mol. The Hall–Kier alpha value is -3.29. The van der Waals surface area contributed by atoms with Crippen LogP contribution in [0.25, 0.3) is 11.1 Å². The van der Waals surface area contributed by atoms with Crippen LogP contribution in [0, 0.1) is 0 Å². The van der Waals surface area contributed by atoms with Gasteiger partial charge in [-0.1, -0.05) is 19.0 Å². The molecule has 2 fully saturated rings. The van der Waals surface area contributed by atoms with Crippen LogP contribution in [0.3, 0.4) is 0 Å². The molecule has 3 aromatic heterocycles. The summed E-state index contributed by atoms with van der Waals surface area (Å²) in [6.07, 6.45) is 9.42. The molecule has 3 aromatic rings. The summed E-state index contributed by atoms with van der Waals surface area (Å²) in [4.78, 5) is 28.4. The molecule has 1 saturated heterocycles. The number of piperidine rings is 1. The predicted octanol–water partition coefficient (Wildman–Crippen LogP) is 3.93. The van der Waals surface area contributed by atoms with E-state index in [9.17, 15) is 4.79 Å². The Bertz CT molecular complexity index is 1080. The van der Waals surface area contributed by atoms with Crippen molar-refractivity contribution in [3.8, 4) is 11.1 Å². The highest BCUT2D eigenvalue weighted by atomic mass is 16.5. The second-order valence-corrected chi connectivity index (χ2v) is 8.98. The van der Waals surface area contributed by atoms with Crippen molar-refractivity contribution in [2.24, 2.45) is 0 Å². The minimum absolute atomic E-state index is 0.112. The first-order valence-electron chi connectivity index (χ1n) is 11.4. The van der Waals surface area contributed by atoms with Crippen LogP contribution in [-0.2, 0) is 0 Å². The van der Waals surface area contributed by atoms with Gasteiger partial charge in [0.25, 0.3) is 5.91 Å². The summed E-state index contributed by atoms with van der Waals surface area (Å²) in [6, 6.07) is 5.87. The summed E-state index contributed by atoms with van der Waals surface area (Å²) < 4.78 is 5.31. The molecule has 0 aromatic carbocycles. The highest BCUT2D eigenvalue weighted by molar-refractivity contribution is 5.92. The molecule has 1 amide bonds. The molecule has 0 unspecified atom stereocenters. The molecule has 0 bridgehead atoms. The Morgan fingerprint density at radius 3 is 2.59 bits per heavy atom. The molecule has 8 nitrogen and oxygen atoms in total. The smallest absolute Gasteiger partial charge is 0.273 e. The van der Waals surface area contributed by atoms with E-state index in [1.165, 1.54) is 0 Å². The number of amides is 1. The van der Waals surface area contributed by atoms with Crippen LogP contribution in [0.15, 0.2) is 41.3 Å². The molecule has 0 radical (unpaired) electrons. The fourth-order valence-corrected chi connectivity index (χ4v) is 4.17. The number of pyridine rings is 1. The summed E-state index contributed by atoms with van der Waals surface area (Å²) in [5.41, 5.74) is 3.54. The first kappa shape index (κ1) is 20.6. The van der Waals surface area contributed by atoms with Gasteiger partial charge in [-0.05, 0) is 49.3 Å². The lowest BCUT2D eigenvalue weighted by Gasteiger charge is -2.32. The van der Waals surface area contributed by atoms with Gasteiger partial charge >= 0.3 is 0 Å². The lowest BCUT2D eigenvalue weighted by atomic mass is 10.00. The monoisotopic (exact) mass is 432 g/mol. The van der Waals surface area contributed by atoms with Crippen LogP contribution in [0.4, 0.5) is 5.95 Å². The summed E-state index contributed by atoms with van der Waals surface area (Å²) in [6.45, 7) is 5.89. The zero-order chi connectivity index (χ0) is 22.1. The Labute approximate surface area is 187 Å². The Morgan fingerprint density at radius 2 is 1.91 bits per heavy atom. The van der Waals surface area contributed by atoms with E-state index in [2.05, 4.69) is 39.2 Å². The van der Waals surface area contributed by atoms with E-state index in [0.29, 0.717) is 11.6 Å². The van der Waals surface area contributed by atoms with Crippen LogP contribution in [0.1, 0.15) is 73.3 Å². The van der Waals surface area contributed by atoms with Crippen molar-refractivity contribution < 1.29 is 9.32 Å². The third-order valence-corrected chi connectivity index (χ3v) is 6.20. The van der Waals surface area contributed by atoms with Gasteiger partial charge in [-0.15, -0.1) is 0 Å². The average Bonchev–Trinajstić information content (AvgIpc) is 3.56. The number of hydrogen-bond donors (Lipinski definition) is 1. The van der Waals surface area contributed by atoms with Crippen molar-refractivity contribution in [1.29, 1.82) is 0 Å². The van der Waals surface area contributed by atoms with Gasteiger partial charge < -0.3 is 14.7 Å². The molecule has 1 aliphatic heterocycles. The third kappa shape index (κ3) is 4.35. The Balaban J connectivity index is 1.22. The predicted molar refractivity (Wildman–Crippen MR) is 121 cm³/mol. The number of hydrogen-bond acceptors (Lipinski definition) is 7. The van der Waals surface area contributed by atoms with Crippen molar-refractivity contribution in [2.75, 3.05) is 18.0 Å². The van der Waals surface area contributed by atoms with Gasteiger partial charge in [0.2, 0.25) is 5.95 Å². The SMILES string of the molecule is CC(C)c1nc(N2CCC(NC(=O)c3cc(C4CC4)on3)CC2)ncc1-c1ccncc1. The van der Waals surface area contributed by atoms with Gasteiger partial charge in [-0.25, -0.2) is 9.97 Å². The molecule has 0 spiro atoms. The topological polar surface area (TPSA) is 97.0 Å². The van der Waals surface area contributed by atoms with E-state index in [4.69, 9.17) is 9.51 Å². The minimum Gasteiger partial charge on any atom is -0.360 e. The second kappa shape index (κ2) is 8.68. The molecule has 0 atom stereocenters. The van der Waals surface area contributed by atoms with Gasteiger partial charge in [0.05, 0.1) is 5.69 Å². The molecule has 1 N–H and O–H groups in total. The van der Waals surface area contributed by atoms with Gasteiger partial charge in [-0.3, -0.25) is 9.78 Å². The fraction of sp³-hybridized carbons (Fsp3) is 0.458. The Morgan fingerprint density at radius 1 is 1.16 bits per heavy atom. The maximum Gasteiger partial charge on any atom is 0.273 e. The van der Waals surface area contributed by atoms with Crippen LogP contribution in [-0.4, -0.2) is 45.1 Å². The maximum atomic E-state index is 12.5. The molecular weight excluding hydrogens is 404 g/mol. The van der Waals surface area contributed by atoms with Gasteiger partial charge in [-0.2, -0.15) is 0 Å². The summed E-state index contributed by atoms with van der Waals surface area (Å²) in [7, 11) is 0. The zero-order valence-electron chi connectivity index (χ0n) is 18.5. The van der Waals surface area contributed by atoms with Crippen LogP contribution in [0.2, 0.25) is 0 Å². The number of nitrogens with zero attached hydrogens (tertiary/aromatic N) is 5. The van der Waals surface area contributed by atoms with E-state index >= 15 is 0 Å². The van der Waals surface area contributed by atoms with Crippen molar-refractivity contribution in [3.05, 3.63) is 53.9 Å². The zero-order valence-corrected chi connectivity index (χ0v) is 18.5. The molecule has 32 heavy (non-hydrogen) atoms. The minimum atomic E-state index is -0.154. The molecule has 4 heterocycles. The quantitative estimate of drug-likeness (QED) is 0.630. The summed E-state index contributed by atoms with van der Waals surface area (Å²) >= 11 is 0. The van der Waals surface area contributed by atoms with Crippen LogP contribution < -0.4 is 10.2 Å². The van der Waals surface area contributed by atoms with Crippen molar-refractivity contribution in [3.63, 3.8) is 0 Å². The number of rotatable bonds is 6. The first-order valence-corrected chi connectivity index (χ1v) is 11.4. The van der Waals surface area contributed by atoms with Gasteiger partial charge in [0.1, 0.15) is 5.76 Å². The fourth-order valence-electron chi connectivity index (χ4n) is 4.17. The molecular formula is C24H28N6O2. The van der Waals surface area contributed by atoms with E-state index < -0.39 is 0 Å². The molecule has 166 valence electrons. The van der Waals surface area contributed by atoms with E-state index in [-0.39, 0.29) is 17.9 Å². The number of carbonyl (C=O) groups is 1. The normalized spacial score (nSPS) is 17.0. The maximum absolute atomic E-state index is 12.5. The molecule has 5 rings (SSSR count). The number of carbonyl (C=O) groups excluding carboxylic acids is 1. The number of anilines is 1. The van der Waals surface area contributed by atoms with E-state index in [1.54, 1.807) is 18.5 Å². The second-order valence-electron chi connectivity index (χ2n) is 8.98. The summed E-state index contributed by atoms with van der Waals surface area (Å²) in [5, 5.41) is 7.05. The standard InChI is InChI=1S/C24H28N6O2/c1-15(2)22-19(16-5-9-25-10-6-16)14-26-24(28-22)30-11-7-18(8-12-30)27-23(31)20-13-21(32-29-20)17-3-4-17/h5-6,9-10,13-15,17-18H,3-4,7-8,11-12H2,1-2H3,(H,27,31). The van der Waals surface area contributed by atoms with E-state index in [1.807, 2.05) is 18.3 Å². The molecule has 8 heteroatoms. The van der Waals surface area contributed by atoms with Crippen molar-refractivity contribution >= 4 is 11.9 Å². The largest absolute Gasteiger partial charge is 0.360 e. The molecule has 1 saturated carbocycles. The van der Waals surface area contributed by atoms with Crippen molar-refractivity contribution in [2.45, 2.75) is 57.4 Å². The van der Waals surface area contributed by atoms with E-state index in [0.717, 1.165) is 67.3 Å². The number of aromatic nitrogens is 4. The molecule has 2 aliphatic rings.